The van der Waals surface area contributed by atoms with Gasteiger partial charge in [0.25, 0.3) is 5.91 Å². The molecule has 2 aromatic heterocycles. The summed E-state index contributed by atoms with van der Waals surface area (Å²) < 4.78 is 6.92. The van der Waals surface area contributed by atoms with E-state index >= 15 is 0 Å². The van der Waals surface area contributed by atoms with Crippen LogP contribution >= 0.6 is 11.6 Å². The summed E-state index contributed by atoms with van der Waals surface area (Å²) in [5.41, 5.74) is 1.82. The number of halogens is 1. The molecule has 0 spiro atoms. The van der Waals surface area contributed by atoms with E-state index in [0.717, 1.165) is 5.82 Å². The van der Waals surface area contributed by atoms with Gasteiger partial charge in [-0.3, -0.25) is 4.79 Å². The molecular weight excluding hydrogens is 370 g/mol. The third-order valence-corrected chi connectivity index (χ3v) is 4.86. The fourth-order valence-electron chi connectivity index (χ4n) is 3.21. The Hall–Kier alpha value is -2.94. The molecule has 27 heavy (non-hydrogen) atoms. The number of piperazine rings is 1. The van der Waals surface area contributed by atoms with Crippen molar-refractivity contribution in [1.29, 1.82) is 0 Å². The summed E-state index contributed by atoms with van der Waals surface area (Å²) in [6.45, 7) is 2.38. The number of hydrogen-bond acceptors (Lipinski definition) is 7. The third-order valence-electron chi connectivity index (χ3n) is 4.63. The quantitative estimate of drug-likeness (QED) is 0.670. The molecule has 0 N–H and O–H groups in total. The highest BCUT2D eigenvalue weighted by Crippen LogP contribution is 2.26. The van der Waals surface area contributed by atoms with Crippen LogP contribution in [0.5, 0.6) is 5.75 Å². The molecule has 0 unspecified atom stereocenters. The van der Waals surface area contributed by atoms with Gasteiger partial charge < -0.3 is 14.5 Å². The largest absolute Gasteiger partial charge is 0.496 e. The van der Waals surface area contributed by atoms with Crippen molar-refractivity contribution in [3.05, 3.63) is 35.1 Å². The second-order valence-electron chi connectivity index (χ2n) is 6.21. The summed E-state index contributed by atoms with van der Waals surface area (Å²) >= 11 is 6.05. The lowest BCUT2D eigenvalue weighted by Crippen LogP contribution is -2.49. The maximum absolute atomic E-state index is 12.9. The van der Waals surface area contributed by atoms with Crippen molar-refractivity contribution in [3.63, 3.8) is 0 Å². The van der Waals surface area contributed by atoms with Crippen molar-refractivity contribution < 1.29 is 9.53 Å². The van der Waals surface area contributed by atoms with Crippen LogP contribution in [0.25, 0.3) is 11.2 Å². The maximum atomic E-state index is 12.9. The normalized spacial score (nSPS) is 14.6. The molecule has 1 saturated heterocycles. The van der Waals surface area contributed by atoms with Crippen LogP contribution in [-0.4, -0.2) is 69.1 Å². The van der Waals surface area contributed by atoms with Crippen molar-refractivity contribution in [3.8, 4) is 5.75 Å². The SMILES string of the molecule is COc1ccc(Cl)cc1C(=O)N1CCN(c2ncnc3c2nnn3C)CC1. The average Bonchev–Trinajstić information content (AvgIpc) is 3.09. The summed E-state index contributed by atoms with van der Waals surface area (Å²) in [5, 5.41) is 8.67. The van der Waals surface area contributed by atoms with Crippen molar-refractivity contribution in [1.82, 2.24) is 29.9 Å². The van der Waals surface area contributed by atoms with E-state index in [0.29, 0.717) is 53.7 Å². The van der Waals surface area contributed by atoms with Gasteiger partial charge in [0, 0.05) is 38.2 Å². The van der Waals surface area contributed by atoms with E-state index in [4.69, 9.17) is 16.3 Å². The number of nitrogens with zero attached hydrogens (tertiary/aromatic N) is 7. The molecule has 10 heteroatoms. The van der Waals surface area contributed by atoms with Gasteiger partial charge in [0.1, 0.15) is 12.1 Å². The van der Waals surface area contributed by atoms with Gasteiger partial charge in [-0.25, -0.2) is 14.6 Å². The van der Waals surface area contributed by atoms with Crippen LogP contribution in [-0.2, 0) is 7.05 Å². The predicted molar refractivity (Wildman–Crippen MR) is 100 cm³/mol. The van der Waals surface area contributed by atoms with Crippen LogP contribution in [0.3, 0.4) is 0 Å². The second kappa shape index (κ2) is 6.99. The van der Waals surface area contributed by atoms with Crippen LogP contribution in [0.1, 0.15) is 10.4 Å². The lowest BCUT2D eigenvalue weighted by molar-refractivity contribution is 0.0743. The topological polar surface area (TPSA) is 89.3 Å². The number of methoxy groups -OCH3 is 1. The molecule has 3 aromatic rings. The number of aromatic nitrogens is 5. The summed E-state index contributed by atoms with van der Waals surface area (Å²) in [6, 6.07) is 5.05. The van der Waals surface area contributed by atoms with Crippen LogP contribution in [0.15, 0.2) is 24.5 Å². The summed E-state index contributed by atoms with van der Waals surface area (Å²) in [4.78, 5) is 25.4. The van der Waals surface area contributed by atoms with E-state index in [2.05, 4.69) is 25.2 Å². The monoisotopic (exact) mass is 387 g/mol. The number of ether oxygens (including phenoxy) is 1. The lowest BCUT2D eigenvalue weighted by Gasteiger charge is -2.35. The van der Waals surface area contributed by atoms with Gasteiger partial charge in [0.15, 0.2) is 17.0 Å². The first-order chi connectivity index (χ1) is 13.1. The molecular formula is C17H18ClN7O2. The highest BCUT2D eigenvalue weighted by molar-refractivity contribution is 6.31. The minimum absolute atomic E-state index is 0.0960. The number of carbonyl (C=O) groups is 1. The Labute approximate surface area is 160 Å². The molecule has 1 aliphatic heterocycles. The fraction of sp³-hybridized carbons (Fsp3) is 0.353. The van der Waals surface area contributed by atoms with E-state index in [-0.39, 0.29) is 5.91 Å². The number of anilines is 1. The van der Waals surface area contributed by atoms with Crippen LogP contribution < -0.4 is 9.64 Å². The molecule has 9 nitrogen and oxygen atoms in total. The number of benzene rings is 1. The number of amides is 1. The number of aryl methyl sites for hydroxylation is 1. The van der Waals surface area contributed by atoms with Gasteiger partial charge in [-0.2, -0.15) is 0 Å². The molecule has 140 valence electrons. The van der Waals surface area contributed by atoms with Crippen molar-refractivity contribution >= 4 is 34.5 Å². The Morgan fingerprint density at radius 3 is 2.70 bits per heavy atom. The zero-order valence-corrected chi connectivity index (χ0v) is 15.7. The Bertz CT molecular complexity index is 998. The van der Waals surface area contributed by atoms with Gasteiger partial charge in [0.2, 0.25) is 0 Å². The highest BCUT2D eigenvalue weighted by atomic mass is 35.5. The standard InChI is InChI=1S/C17H18ClN7O2/c1-23-15-14(21-22-23)16(20-10-19-15)24-5-7-25(8-6-24)17(26)12-9-11(18)3-4-13(12)27-2/h3-4,9-10H,5-8H2,1-2H3. The molecule has 3 heterocycles. The first kappa shape index (κ1) is 17.5. The van der Waals surface area contributed by atoms with E-state index < -0.39 is 0 Å². The van der Waals surface area contributed by atoms with Crippen LogP contribution in [0.4, 0.5) is 5.82 Å². The third kappa shape index (κ3) is 3.14. The van der Waals surface area contributed by atoms with Crippen molar-refractivity contribution in [2.24, 2.45) is 7.05 Å². The molecule has 1 aromatic carbocycles. The summed E-state index contributed by atoms with van der Waals surface area (Å²) in [5.74, 6) is 1.16. The molecule has 0 radical (unpaired) electrons. The number of rotatable bonds is 3. The molecule has 0 saturated carbocycles. The van der Waals surface area contributed by atoms with Crippen LogP contribution in [0.2, 0.25) is 5.02 Å². The maximum Gasteiger partial charge on any atom is 0.257 e. The number of hydrogen-bond donors (Lipinski definition) is 0. The highest BCUT2D eigenvalue weighted by Gasteiger charge is 2.26. The Kier molecular flexibility index (Phi) is 4.53. The average molecular weight is 388 g/mol. The first-order valence-corrected chi connectivity index (χ1v) is 8.84. The molecule has 0 atom stereocenters. The molecule has 1 amide bonds. The molecule has 0 aliphatic carbocycles. The number of carbonyl (C=O) groups excluding carboxylic acids is 1. The first-order valence-electron chi connectivity index (χ1n) is 8.46. The van der Waals surface area contributed by atoms with Gasteiger partial charge >= 0.3 is 0 Å². The fourth-order valence-corrected chi connectivity index (χ4v) is 3.38. The Balaban J connectivity index is 1.52. The minimum atomic E-state index is -0.0960. The van der Waals surface area contributed by atoms with E-state index in [1.165, 1.54) is 6.33 Å². The zero-order chi connectivity index (χ0) is 19.0. The zero-order valence-electron chi connectivity index (χ0n) is 15.0. The van der Waals surface area contributed by atoms with E-state index in [1.54, 1.807) is 41.9 Å². The molecule has 1 fully saturated rings. The smallest absolute Gasteiger partial charge is 0.257 e. The molecule has 4 rings (SSSR count). The lowest BCUT2D eigenvalue weighted by atomic mass is 10.1. The van der Waals surface area contributed by atoms with Gasteiger partial charge in [-0.05, 0) is 18.2 Å². The Morgan fingerprint density at radius 2 is 1.96 bits per heavy atom. The summed E-state index contributed by atoms with van der Waals surface area (Å²) in [7, 11) is 3.33. The second-order valence-corrected chi connectivity index (χ2v) is 6.64. The molecule has 0 bridgehead atoms. The Morgan fingerprint density at radius 1 is 1.19 bits per heavy atom. The van der Waals surface area contributed by atoms with E-state index in [1.807, 2.05) is 0 Å². The van der Waals surface area contributed by atoms with Gasteiger partial charge in [0.05, 0.1) is 12.7 Å². The van der Waals surface area contributed by atoms with Crippen molar-refractivity contribution in [2.45, 2.75) is 0 Å². The molecule has 1 aliphatic rings. The number of fused-ring (bicyclic) bond motifs is 1. The van der Waals surface area contributed by atoms with Gasteiger partial charge in [-0.1, -0.05) is 16.8 Å². The van der Waals surface area contributed by atoms with Crippen LogP contribution in [0, 0.1) is 0 Å². The van der Waals surface area contributed by atoms with Gasteiger partial charge in [-0.15, -0.1) is 5.10 Å². The summed E-state index contributed by atoms with van der Waals surface area (Å²) in [6.07, 6.45) is 1.51. The van der Waals surface area contributed by atoms with E-state index in [9.17, 15) is 4.79 Å². The van der Waals surface area contributed by atoms with Crippen molar-refractivity contribution in [2.75, 3.05) is 38.2 Å². The predicted octanol–water partition coefficient (Wildman–Crippen LogP) is 1.38. The minimum Gasteiger partial charge on any atom is -0.496 e.